The fourth-order valence-electron chi connectivity index (χ4n) is 2.55. The molecule has 0 radical (unpaired) electrons. The van der Waals surface area contributed by atoms with Crippen molar-refractivity contribution in [3.63, 3.8) is 0 Å². The summed E-state index contributed by atoms with van der Waals surface area (Å²) in [5.74, 6) is 0.409. The van der Waals surface area contributed by atoms with Gasteiger partial charge in [-0.1, -0.05) is 17.7 Å². The predicted molar refractivity (Wildman–Crippen MR) is 114 cm³/mol. The molecule has 1 amide bonds. The van der Waals surface area contributed by atoms with E-state index in [2.05, 4.69) is 4.99 Å². The summed E-state index contributed by atoms with van der Waals surface area (Å²) in [6.07, 6.45) is 1.60. The number of amides is 1. The summed E-state index contributed by atoms with van der Waals surface area (Å²) in [4.78, 5) is 29.7. The Morgan fingerprint density at radius 3 is 2.53 bits per heavy atom. The van der Waals surface area contributed by atoms with E-state index in [-0.39, 0.29) is 24.1 Å². The van der Waals surface area contributed by atoms with Crippen LogP contribution in [0.4, 0.5) is 0 Å². The Hall–Kier alpha value is -3.32. The second kappa shape index (κ2) is 9.45. The first kappa shape index (κ1) is 21.4. The number of cyclic esters (lactones) is 1. The number of carbonyl (C=O) groups excluding carboxylic acids is 2. The smallest absolute Gasteiger partial charge is 0.363 e. The molecule has 1 aliphatic rings. The largest absolute Gasteiger partial charge is 0.490 e. The van der Waals surface area contributed by atoms with Gasteiger partial charge in [-0.3, -0.25) is 4.79 Å². The van der Waals surface area contributed by atoms with Crippen LogP contribution < -0.4 is 9.47 Å². The molecule has 2 aromatic carbocycles. The van der Waals surface area contributed by atoms with Crippen LogP contribution in [0.2, 0.25) is 5.02 Å². The Morgan fingerprint density at radius 2 is 1.87 bits per heavy atom. The lowest BCUT2D eigenvalue weighted by Gasteiger charge is -2.14. The third-order valence-electron chi connectivity index (χ3n) is 4.13. The van der Waals surface area contributed by atoms with Gasteiger partial charge in [0.25, 0.3) is 5.91 Å². The molecule has 8 heteroatoms. The number of ether oxygens (including phenoxy) is 3. The van der Waals surface area contributed by atoms with Crippen LogP contribution in [-0.2, 0) is 14.3 Å². The van der Waals surface area contributed by atoms with E-state index >= 15 is 0 Å². The highest BCUT2D eigenvalue weighted by molar-refractivity contribution is 6.30. The minimum absolute atomic E-state index is 0.103. The zero-order chi connectivity index (χ0) is 21.7. The average Bonchev–Trinajstić information content (AvgIpc) is 3.08. The maximum Gasteiger partial charge on any atom is 0.363 e. The van der Waals surface area contributed by atoms with Crippen molar-refractivity contribution in [2.45, 2.75) is 6.92 Å². The van der Waals surface area contributed by atoms with E-state index < -0.39 is 5.97 Å². The number of halogens is 1. The molecule has 0 aromatic heterocycles. The average molecular weight is 429 g/mol. The maximum absolute atomic E-state index is 12.2. The Bertz CT molecular complexity index is 1010. The second-order valence-electron chi connectivity index (χ2n) is 6.56. The van der Waals surface area contributed by atoms with Gasteiger partial charge in [-0.15, -0.1) is 0 Å². The van der Waals surface area contributed by atoms with Crippen molar-refractivity contribution >= 4 is 35.5 Å². The van der Waals surface area contributed by atoms with E-state index in [0.717, 1.165) is 0 Å². The van der Waals surface area contributed by atoms with Gasteiger partial charge < -0.3 is 19.1 Å². The molecular formula is C22H21ClN2O5. The van der Waals surface area contributed by atoms with Crippen LogP contribution >= 0.6 is 11.6 Å². The molecule has 0 saturated carbocycles. The summed E-state index contributed by atoms with van der Waals surface area (Å²) in [5.41, 5.74) is 1.50. The first-order chi connectivity index (χ1) is 14.4. The van der Waals surface area contributed by atoms with Crippen LogP contribution in [0.3, 0.4) is 0 Å². The molecule has 0 N–H and O–H groups in total. The SMILES string of the molecule is CCOc1cc(/C=C2\N=C(c3ccc(Cl)cc3)OC2=O)ccc1OCC(=O)N(C)C. The van der Waals surface area contributed by atoms with Gasteiger partial charge in [0.15, 0.2) is 23.8 Å². The topological polar surface area (TPSA) is 77.4 Å². The summed E-state index contributed by atoms with van der Waals surface area (Å²) >= 11 is 5.89. The molecule has 30 heavy (non-hydrogen) atoms. The van der Waals surface area contributed by atoms with Crippen molar-refractivity contribution in [3.8, 4) is 11.5 Å². The van der Waals surface area contributed by atoms with Crippen LogP contribution in [0.15, 0.2) is 53.2 Å². The van der Waals surface area contributed by atoms with Crippen molar-refractivity contribution in [1.29, 1.82) is 0 Å². The van der Waals surface area contributed by atoms with Crippen LogP contribution in [0.5, 0.6) is 11.5 Å². The second-order valence-corrected chi connectivity index (χ2v) is 7.00. The van der Waals surface area contributed by atoms with E-state index in [1.54, 1.807) is 62.6 Å². The van der Waals surface area contributed by atoms with Crippen molar-refractivity contribution in [3.05, 3.63) is 64.3 Å². The molecule has 0 unspecified atom stereocenters. The number of benzene rings is 2. The van der Waals surface area contributed by atoms with Gasteiger partial charge in [0.1, 0.15) is 0 Å². The highest BCUT2D eigenvalue weighted by Crippen LogP contribution is 2.30. The van der Waals surface area contributed by atoms with Gasteiger partial charge in [0, 0.05) is 24.7 Å². The van der Waals surface area contributed by atoms with Crippen LogP contribution in [0, 0.1) is 0 Å². The summed E-state index contributed by atoms with van der Waals surface area (Å²) in [7, 11) is 3.31. The van der Waals surface area contributed by atoms with Crippen molar-refractivity contribution < 1.29 is 23.8 Å². The number of rotatable bonds is 7. The van der Waals surface area contributed by atoms with Gasteiger partial charge >= 0.3 is 5.97 Å². The Morgan fingerprint density at radius 1 is 1.13 bits per heavy atom. The number of carbonyl (C=O) groups is 2. The first-order valence-corrected chi connectivity index (χ1v) is 9.63. The highest BCUT2D eigenvalue weighted by Gasteiger charge is 2.24. The first-order valence-electron chi connectivity index (χ1n) is 9.25. The van der Waals surface area contributed by atoms with Gasteiger partial charge in [-0.05, 0) is 55.0 Å². The molecule has 0 spiro atoms. The third kappa shape index (κ3) is 5.18. The lowest BCUT2D eigenvalue weighted by Crippen LogP contribution is -2.27. The van der Waals surface area contributed by atoms with Crippen LogP contribution in [-0.4, -0.2) is 50.0 Å². The van der Waals surface area contributed by atoms with E-state index in [1.165, 1.54) is 4.90 Å². The molecule has 1 aliphatic heterocycles. The number of likely N-dealkylation sites (N-methyl/N-ethyl adjacent to an activating group) is 1. The molecule has 0 fully saturated rings. The fourth-order valence-corrected chi connectivity index (χ4v) is 2.68. The molecule has 0 atom stereocenters. The summed E-state index contributed by atoms with van der Waals surface area (Å²) in [6, 6.07) is 12.0. The Kier molecular flexibility index (Phi) is 6.74. The van der Waals surface area contributed by atoms with E-state index in [9.17, 15) is 9.59 Å². The minimum Gasteiger partial charge on any atom is -0.490 e. The van der Waals surface area contributed by atoms with Crippen molar-refractivity contribution in [1.82, 2.24) is 4.90 Å². The molecule has 2 aromatic rings. The van der Waals surface area contributed by atoms with E-state index in [4.69, 9.17) is 25.8 Å². The Balaban J connectivity index is 1.83. The molecule has 0 bridgehead atoms. The molecule has 156 valence electrons. The molecule has 1 heterocycles. The molecular weight excluding hydrogens is 408 g/mol. The molecule has 3 rings (SSSR count). The van der Waals surface area contributed by atoms with Gasteiger partial charge in [-0.25, -0.2) is 9.79 Å². The minimum atomic E-state index is -0.546. The monoisotopic (exact) mass is 428 g/mol. The summed E-state index contributed by atoms with van der Waals surface area (Å²) in [5, 5.41) is 0.581. The summed E-state index contributed by atoms with van der Waals surface area (Å²) in [6.45, 7) is 2.16. The predicted octanol–water partition coefficient (Wildman–Crippen LogP) is 3.55. The number of esters is 1. The van der Waals surface area contributed by atoms with Crippen molar-refractivity contribution in [2.75, 3.05) is 27.3 Å². The molecule has 7 nitrogen and oxygen atoms in total. The standard InChI is InChI=1S/C22H21ClN2O5/c1-4-28-19-12-14(5-10-18(19)29-13-20(26)25(2)3)11-17-22(27)30-21(24-17)15-6-8-16(23)9-7-15/h5-12H,4,13H2,1-3H3/b17-11-. The maximum atomic E-state index is 12.2. The van der Waals surface area contributed by atoms with Crippen molar-refractivity contribution in [2.24, 2.45) is 4.99 Å². The van der Waals surface area contributed by atoms with Gasteiger partial charge in [0.2, 0.25) is 5.90 Å². The Labute approximate surface area is 179 Å². The summed E-state index contributed by atoms with van der Waals surface area (Å²) < 4.78 is 16.5. The van der Waals surface area contributed by atoms with Crippen LogP contribution in [0.25, 0.3) is 6.08 Å². The zero-order valence-electron chi connectivity index (χ0n) is 16.8. The van der Waals surface area contributed by atoms with E-state index in [1.807, 2.05) is 6.92 Å². The van der Waals surface area contributed by atoms with Gasteiger partial charge in [-0.2, -0.15) is 0 Å². The third-order valence-corrected chi connectivity index (χ3v) is 4.38. The molecule has 0 saturated heterocycles. The fraction of sp³-hybridized carbons (Fsp3) is 0.227. The lowest BCUT2D eigenvalue weighted by atomic mass is 10.1. The van der Waals surface area contributed by atoms with Crippen LogP contribution in [0.1, 0.15) is 18.1 Å². The number of nitrogens with zero attached hydrogens (tertiary/aromatic N) is 2. The number of hydrogen-bond donors (Lipinski definition) is 0. The number of aliphatic imine (C=N–C) groups is 1. The number of hydrogen-bond acceptors (Lipinski definition) is 6. The lowest BCUT2D eigenvalue weighted by molar-refractivity contribution is -0.131. The quantitative estimate of drug-likeness (QED) is 0.498. The van der Waals surface area contributed by atoms with E-state index in [0.29, 0.717) is 34.3 Å². The molecule has 0 aliphatic carbocycles. The zero-order valence-corrected chi connectivity index (χ0v) is 17.6. The highest BCUT2D eigenvalue weighted by atomic mass is 35.5. The normalized spacial score (nSPS) is 14.3. The van der Waals surface area contributed by atoms with Gasteiger partial charge in [0.05, 0.1) is 6.61 Å².